The molecule has 0 heterocycles. The van der Waals surface area contributed by atoms with Gasteiger partial charge in [0.1, 0.15) is 0 Å². The molecule has 0 aliphatic rings. The highest BCUT2D eigenvalue weighted by Crippen LogP contribution is 2.19. The molecule has 1 aromatic rings. The molecule has 0 unspecified atom stereocenters. The Hall–Kier alpha value is -1.09. The van der Waals surface area contributed by atoms with E-state index in [1.807, 2.05) is 6.07 Å². The lowest BCUT2D eigenvalue weighted by atomic mass is 10.1. The third-order valence-electron chi connectivity index (χ3n) is 2.13. The van der Waals surface area contributed by atoms with E-state index in [0.717, 1.165) is 10.9 Å². The van der Waals surface area contributed by atoms with Gasteiger partial charge in [-0.15, -0.1) is 0 Å². The lowest BCUT2D eigenvalue weighted by molar-refractivity contribution is -0.118. The van der Waals surface area contributed by atoms with Gasteiger partial charge in [-0.3, -0.25) is 4.79 Å². The van der Waals surface area contributed by atoms with Gasteiger partial charge in [-0.25, -0.2) is 0 Å². The fraction of sp³-hybridized carbons (Fsp3) is 0.308. The number of carbonyl (C=O) groups is 1. The zero-order chi connectivity index (χ0) is 12.0. The normalized spacial score (nSPS) is 10.7. The van der Waals surface area contributed by atoms with Crippen molar-refractivity contribution < 1.29 is 4.79 Å². The largest absolute Gasteiger partial charge is 0.356 e. The summed E-state index contributed by atoms with van der Waals surface area (Å²) in [6.45, 7) is 4.29. The lowest BCUT2D eigenvalue weighted by Crippen LogP contribution is -2.20. The van der Waals surface area contributed by atoms with E-state index in [1.165, 1.54) is 18.1 Å². The first-order valence-electron chi connectivity index (χ1n) is 5.26. The van der Waals surface area contributed by atoms with Crippen LogP contribution in [-0.2, 0) is 4.79 Å². The van der Waals surface area contributed by atoms with Crippen LogP contribution in [0, 0.1) is 6.92 Å². The molecule has 16 heavy (non-hydrogen) atoms. The van der Waals surface area contributed by atoms with Crippen molar-refractivity contribution in [3.63, 3.8) is 0 Å². The molecule has 3 heteroatoms. The summed E-state index contributed by atoms with van der Waals surface area (Å²) in [5.41, 5.74) is 2.41. The minimum absolute atomic E-state index is 0.0186. The first kappa shape index (κ1) is 13.0. The number of benzene rings is 1. The zero-order valence-electron chi connectivity index (χ0n) is 9.59. The van der Waals surface area contributed by atoms with Gasteiger partial charge in [-0.05, 0) is 25.0 Å². The van der Waals surface area contributed by atoms with E-state index in [0.29, 0.717) is 6.54 Å². The maximum Gasteiger partial charge on any atom is 0.216 e. The molecular formula is C13H16BrNO. The Balaban J connectivity index is 2.49. The first-order valence-corrected chi connectivity index (χ1v) is 6.06. The predicted molar refractivity (Wildman–Crippen MR) is 71.2 cm³/mol. The maximum absolute atomic E-state index is 10.6. The second kappa shape index (κ2) is 6.48. The molecule has 2 nitrogen and oxygen atoms in total. The van der Waals surface area contributed by atoms with Crippen LogP contribution in [0.25, 0.3) is 6.08 Å². The topological polar surface area (TPSA) is 29.1 Å². The van der Waals surface area contributed by atoms with Gasteiger partial charge in [0.05, 0.1) is 0 Å². The molecule has 0 atom stereocenters. The Morgan fingerprint density at radius 3 is 2.94 bits per heavy atom. The summed E-state index contributed by atoms with van der Waals surface area (Å²) in [6, 6.07) is 6.24. The lowest BCUT2D eigenvalue weighted by Gasteiger charge is -2.00. The molecule has 0 spiro atoms. The number of amides is 1. The maximum atomic E-state index is 10.6. The van der Waals surface area contributed by atoms with Crippen molar-refractivity contribution in [3.8, 4) is 0 Å². The summed E-state index contributed by atoms with van der Waals surface area (Å²) in [4.78, 5) is 10.6. The molecule has 0 aliphatic heterocycles. The molecule has 0 aliphatic carbocycles. The Kier molecular flexibility index (Phi) is 5.26. The highest BCUT2D eigenvalue weighted by molar-refractivity contribution is 9.10. The van der Waals surface area contributed by atoms with Crippen molar-refractivity contribution in [1.82, 2.24) is 5.32 Å². The number of hydrogen-bond donors (Lipinski definition) is 1. The molecular weight excluding hydrogens is 266 g/mol. The van der Waals surface area contributed by atoms with E-state index in [2.05, 4.69) is 52.5 Å². The van der Waals surface area contributed by atoms with Gasteiger partial charge in [0.2, 0.25) is 5.91 Å². The summed E-state index contributed by atoms with van der Waals surface area (Å²) in [6.07, 6.45) is 4.98. The van der Waals surface area contributed by atoms with Gasteiger partial charge in [0.25, 0.3) is 0 Å². The van der Waals surface area contributed by atoms with Gasteiger partial charge in [-0.1, -0.05) is 45.8 Å². The molecule has 1 N–H and O–H groups in total. The quantitative estimate of drug-likeness (QED) is 0.843. The van der Waals surface area contributed by atoms with Crippen LogP contribution in [0.2, 0.25) is 0 Å². The average molecular weight is 282 g/mol. The molecule has 0 fully saturated rings. The molecule has 0 saturated heterocycles. The Bertz CT molecular complexity index is 399. The third-order valence-corrected chi connectivity index (χ3v) is 2.86. The first-order chi connectivity index (χ1) is 7.59. The molecule has 1 rings (SSSR count). The van der Waals surface area contributed by atoms with Gasteiger partial charge in [-0.2, -0.15) is 0 Å². The number of carbonyl (C=O) groups excluding carboxylic acids is 1. The van der Waals surface area contributed by atoms with Crippen molar-refractivity contribution in [2.75, 3.05) is 6.54 Å². The van der Waals surface area contributed by atoms with Crippen LogP contribution in [-0.4, -0.2) is 12.5 Å². The molecule has 0 aromatic heterocycles. The van der Waals surface area contributed by atoms with Gasteiger partial charge in [0, 0.05) is 17.9 Å². The van der Waals surface area contributed by atoms with E-state index >= 15 is 0 Å². The monoisotopic (exact) mass is 281 g/mol. The summed E-state index contributed by atoms with van der Waals surface area (Å²) >= 11 is 3.50. The summed E-state index contributed by atoms with van der Waals surface area (Å²) < 4.78 is 1.09. The van der Waals surface area contributed by atoms with Crippen LogP contribution in [0.3, 0.4) is 0 Å². The second-order valence-electron chi connectivity index (χ2n) is 3.70. The van der Waals surface area contributed by atoms with E-state index in [1.54, 1.807) is 0 Å². The average Bonchev–Trinajstić information content (AvgIpc) is 2.22. The minimum atomic E-state index is 0.0186. The number of halogens is 1. The van der Waals surface area contributed by atoms with E-state index < -0.39 is 0 Å². The molecule has 0 bridgehead atoms. The molecule has 0 saturated carbocycles. The van der Waals surface area contributed by atoms with Crippen molar-refractivity contribution >= 4 is 27.9 Å². The Morgan fingerprint density at radius 1 is 1.50 bits per heavy atom. The fourth-order valence-electron chi connectivity index (χ4n) is 1.33. The van der Waals surface area contributed by atoms with Crippen LogP contribution in [0.4, 0.5) is 0 Å². The SMILES string of the molecule is CC(=O)NCCC=Cc1cc(C)ccc1Br. The number of nitrogens with one attached hydrogen (secondary N) is 1. The molecule has 0 radical (unpaired) electrons. The van der Waals surface area contributed by atoms with Crippen molar-refractivity contribution in [1.29, 1.82) is 0 Å². The molecule has 1 amide bonds. The summed E-state index contributed by atoms with van der Waals surface area (Å²) in [5, 5.41) is 2.76. The Morgan fingerprint density at radius 2 is 2.25 bits per heavy atom. The van der Waals surface area contributed by atoms with Crippen LogP contribution in [0.15, 0.2) is 28.7 Å². The minimum Gasteiger partial charge on any atom is -0.356 e. The Labute approximate surface area is 105 Å². The number of hydrogen-bond acceptors (Lipinski definition) is 1. The van der Waals surface area contributed by atoms with Gasteiger partial charge in [0.15, 0.2) is 0 Å². The third kappa shape index (κ3) is 4.62. The standard InChI is InChI=1S/C13H16BrNO/c1-10-6-7-13(14)12(9-10)5-3-4-8-15-11(2)16/h3,5-7,9H,4,8H2,1-2H3,(H,15,16). The summed E-state index contributed by atoms with van der Waals surface area (Å²) in [5.74, 6) is 0.0186. The van der Waals surface area contributed by atoms with E-state index in [9.17, 15) is 4.79 Å². The highest BCUT2D eigenvalue weighted by atomic mass is 79.9. The highest BCUT2D eigenvalue weighted by Gasteiger charge is 1.95. The van der Waals surface area contributed by atoms with Gasteiger partial charge >= 0.3 is 0 Å². The van der Waals surface area contributed by atoms with Crippen LogP contribution < -0.4 is 5.32 Å². The predicted octanol–water partition coefficient (Wildman–Crippen LogP) is 3.30. The zero-order valence-corrected chi connectivity index (χ0v) is 11.2. The van der Waals surface area contributed by atoms with Gasteiger partial charge < -0.3 is 5.32 Å². The number of rotatable bonds is 4. The fourth-order valence-corrected chi connectivity index (χ4v) is 1.71. The van der Waals surface area contributed by atoms with Crippen molar-refractivity contribution in [2.24, 2.45) is 0 Å². The van der Waals surface area contributed by atoms with E-state index in [-0.39, 0.29) is 5.91 Å². The molecule has 1 aromatic carbocycles. The van der Waals surface area contributed by atoms with Crippen LogP contribution in [0.1, 0.15) is 24.5 Å². The summed E-state index contributed by atoms with van der Waals surface area (Å²) in [7, 11) is 0. The van der Waals surface area contributed by atoms with Crippen molar-refractivity contribution in [3.05, 3.63) is 39.9 Å². The molecule has 86 valence electrons. The second-order valence-corrected chi connectivity index (χ2v) is 4.55. The van der Waals surface area contributed by atoms with Crippen molar-refractivity contribution in [2.45, 2.75) is 20.3 Å². The van der Waals surface area contributed by atoms with E-state index in [4.69, 9.17) is 0 Å². The smallest absolute Gasteiger partial charge is 0.216 e. The van der Waals surface area contributed by atoms with Crippen LogP contribution >= 0.6 is 15.9 Å². The number of aryl methyl sites for hydroxylation is 1. The van der Waals surface area contributed by atoms with Crippen LogP contribution in [0.5, 0.6) is 0 Å².